The maximum absolute atomic E-state index is 11.4. The number of carbonyl (C=O) groups is 1. The van der Waals surface area contributed by atoms with E-state index in [-0.39, 0.29) is 17.6 Å². The van der Waals surface area contributed by atoms with E-state index in [0.717, 1.165) is 11.3 Å². The van der Waals surface area contributed by atoms with Gasteiger partial charge in [-0.1, -0.05) is 0 Å². The van der Waals surface area contributed by atoms with E-state index in [1.54, 1.807) is 17.0 Å². The molecule has 1 aliphatic heterocycles. The van der Waals surface area contributed by atoms with E-state index in [1.165, 1.54) is 13.0 Å². The monoisotopic (exact) mass is 220 g/mol. The van der Waals surface area contributed by atoms with Crippen molar-refractivity contribution in [1.82, 2.24) is 0 Å². The summed E-state index contributed by atoms with van der Waals surface area (Å²) in [5, 5.41) is 10.6. The van der Waals surface area contributed by atoms with Crippen LogP contribution in [0.1, 0.15) is 19.4 Å². The van der Waals surface area contributed by atoms with Crippen LogP contribution in [0.25, 0.3) is 0 Å². The molecule has 2 rings (SSSR count). The number of nitro groups is 1. The van der Waals surface area contributed by atoms with Crippen molar-refractivity contribution in [2.24, 2.45) is 0 Å². The number of nitro benzene ring substituents is 1. The first-order valence-corrected chi connectivity index (χ1v) is 5.08. The Morgan fingerprint density at radius 1 is 1.56 bits per heavy atom. The summed E-state index contributed by atoms with van der Waals surface area (Å²) >= 11 is 0. The van der Waals surface area contributed by atoms with Crippen molar-refractivity contribution in [3.8, 4) is 0 Å². The van der Waals surface area contributed by atoms with E-state index in [4.69, 9.17) is 0 Å². The van der Waals surface area contributed by atoms with Crippen molar-refractivity contribution >= 4 is 17.3 Å². The minimum Gasteiger partial charge on any atom is -0.309 e. The number of hydrogen-bond donors (Lipinski definition) is 0. The standard InChI is InChI=1S/C11H12N2O3/c1-7-5-9-6-10(13(15)16)3-4-11(9)12(7)8(2)14/h3-4,6-7H,5H2,1-2H3/t7-/m1/s1. The van der Waals surface area contributed by atoms with Crippen LogP contribution < -0.4 is 4.90 Å². The van der Waals surface area contributed by atoms with Crippen LogP contribution in [0.4, 0.5) is 11.4 Å². The van der Waals surface area contributed by atoms with Gasteiger partial charge in [-0.2, -0.15) is 0 Å². The molecule has 0 bridgehead atoms. The molecule has 84 valence electrons. The zero-order valence-electron chi connectivity index (χ0n) is 9.14. The number of benzene rings is 1. The lowest BCUT2D eigenvalue weighted by atomic mass is 10.1. The van der Waals surface area contributed by atoms with Crippen LogP contribution in [0, 0.1) is 10.1 Å². The molecule has 0 radical (unpaired) electrons. The Morgan fingerprint density at radius 3 is 2.81 bits per heavy atom. The van der Waals surface area contributed by atoms with Gasteiger partial charge in [-0.05, 0) is 25.0 Å². The highest BCUT2D eigenvalue weighted by atomic mass is 16.6. The molecule has 0 saturated carbocycles. The average molecular weight is 220 g/mol. The first kappa shape index (κ1) is 10.6. The number of hydrogen-bond acceptors (Lipinski definition) is 3. The van der Waals surface area contributed by atoms with E-state index in [1.807, 2.05) is 6.92 Å². The molecule has 1 aromatic carbocycles. The van der Waals surface area contributed by atoms with E-state index in [9.17, 15) is 14.9 Å². The fourth-order valence-electron chi connectivity index (χ4n) is 2.21. The number of non-ortho nitro benzene ring substituents is 1. The Balaban J connectivity index is 2.46. The molecular weight excluding hydrogens is 208 g/mol. The molecule has 0 N–H and O–H groups in total. The summed E-state index contributed by atoms with van der Waals surface area (Å²) in [6.45, 7) is 3.44. The average Bonchev–Trinajstić information content (AvgIpc) is 2.51. The molecule has 5 heteroatoms. The molecule has 0 saturated heterocycles. The van der Waals surface area contributed by atoms with E-state index >= 15 is 0 Å². The minimum absolute atomic E-state index is 0.0277. The quantitative estimate of drug-likeness (QED) is 0.536. The third-order valence-electron chi connectivity index (χ3n) is 2.83. The Bertz CT molecular complexity index is 470. The van der Waals surface area contributed by atoms with Crippen LogP contribution in [-0.2, 0) is 11.2 Å². The molecule has 0 unspecified atom stereocenters. The van der Waals surface area contributed by atoms with Crippen LogP contribution in [-0.4, -0.2) is 16.9 Å². The molecule has 16 heavy (non-hydrogen) atoms. The minimum atomic E-state index is -0.415. The van der Waals surface area contributed by atoms with Gasteiger partial charge in [0.25, 0.3) is 5.69 Å². The lowest BCUT2D eigenvalue weighted by molar-refractivity contribution is -0.384. The highest BCUT2D eigenvalue weighted by Gasteiger charge is 2.29. The van der Waals surface area contributed by atoms with Crippen molar-refractivity contribution in [1.29, 1.82) is 0 Å². The number of fused-ring (bicyclic) bond motifs is 1. The number of carbonyl (C=O) groups excluding carboxylic acids is 1. The fraction of sp³-hybridized carbons (Fsp3) is 0.364. The molecule has 0 spiro atoms. The second-order valence-electron chi connectivity index (χ2n) is 4.01. The second kappa shape index (κ2) is 3.59. The molecule has 0 aliphatic carbocycles. The Hall–Kier alpha value is -1.91. The predicted molar refractivity (Wildman–Crippen MR) is 59.4 cm³/mol. The Labute approximate surface area is 92.8 Å². The van der Waals surface area contributed by atoms with Crippen molar-refractivity contribution < 1.29 is 9.72 Å². The molecule has 1 heterocycles. The van der Waals surface area contributed by atoms with Crippen LogP contribution >= 0.6 is 0 Å². The summed E-state index contributed by atoms with van der Waals surface area (Å²) in [5.74, 6) is -0.0277. The SMILES string of the molecule is CC(=O)N1c2ccc([N+](=O)[O-])cc2C[C@H]1C. The summed E-state index contributed by atoms with van der Waals surface area (Å²) in [7, 11) is 0. The second-order valence-corrected chi connectivity index (χ2v) is 4.01. The topological polar surface area (TPSA) is 63.5 Å². The number of anilines is 1. The highest BCUT2D eigenvalue weighted by Crippen LogP contribution is 2.34. The Morgan fingerprint density at radius 2 is 2.25 bits per heavy atom. The van der Waals surface area contributed by atoms with Crippen LogP contribution in [0.5, 0.6) is 0 Å². The van der Waals surface area contributed by atoms with Gasteiger partial charge in [0.1, 0.15) is 0 Å². The largest absolute Gasteiger partial charge is 0.309 e. The van der Waals surface area contributed by atoms with Crippen LogP contribution in [0.2, 0.25) is 0 Å². The van der Waals surface area contributed by atoms with Gasteiger partial charge in [0.05, 0.1) is 4.92 Å². The van der Waals surface area contributed by atoms with Gasteiger partial charge in [0.2, 0.25) is 5.91 Å². The fourth-order valence-corrected chi connectivity index (χ4v) is 2.21. The maximum Gasteiger partial charge on any atom is 0.269 e. The number of nitrogens with zero attached hydrogens (tertiary/aromatic N) is 2. The van der Waals surface area contributed by atoms with Crippen molar-refractivity contribution in [2.45, 2.75) is 26.3 Å². The number of rotatable bonds is 1. The first-order chi connectivity index (χ1) is 7.50. The van der Waals surface area contributed by atoms with Gasteiger partial charge in [0.15, 0.2) is 0 Å². The van der Waals surface area contributed by atoms with Gasteiger partial charge in [-0.25, -0.2) is 0 Å². The van der Waals surface area contributed by atoms with Crippen molar-refractivity contribution in [3.63, 3.8) is 0 Å². The molecule has 5 nitrogen and oxygen atoms in total. The van der Waals surface area contributed by atoms with Gasteiger partial charge < -0.3 is 4.90 Å². The van der Waals surface area contributed by atoms with Crippen LogP contribution in [0.15, 0.2) is 18.2 Å². The third-order valence-corrected chi connectivity index (χ3v) is 2.83. The summed E-state index contributed by atoms with van der Waals surface area (Å²) < 4.78 is 0. The number of amides is 1. The first-order valence-electron chi connectivity index (χ1n) is 5.08. The highest BCUT2D eigenvalue weighted by molar-refractivity contribution is 5.94. The van der Waals surface area contributed by atoms with E-state index in [2.05, 4.69) is 0 Å². The zero-order chi connectivity index (χ0) is 11.9. The predicted octanol–water partition coefficient (Wildman–Crippen LogP) is 1.89. The molecule has 0 fully saturated rings. The lowest BCUT2D eigenvalue weighted by Crippen LogP contribution is -2.33. The lowest BCUT2D eigenvalue weighted by Gasteiger charge is -2.20. The summed E-state index contributed by atoms with van der Waals surface area (Å²) in [6, 6.07) is 4.72. The maximum atomic E-state index is 11.4. The molecule has 1 atom stereocenters. The molecular formula is C11H12N2O3. The molecule has 1 aromatic rings. The molecule has 1 amide bonds. The normalized spacial score (nSPS) is 18.4. The summed E-state index contributed by atoms with van der Waals surface area (Å²) in [6.07, 6.45) is 0.677. The van der Waals surface area contributed by atoms with Crippen molar-refractivity contribution in [3.05, 3.63) is 33.9 Å². The van der Waals surface area contributed by atoms with Gasteiger partial charge in [-0.3, -0.25) is 14.9 Å². The van der Waals surface area contributed by atoms with Gasteiger partial charge in [0, 0.05) is 30.8 Å². The Kier molecular flexibility index (Phi) is 2.38. The summed E-state index contributed by atoms with van der Waals surface area (Å²) in [4.78, 5) is 23.3. The molecule has 0 aromatic heterocycles. The van der Waals surface area contributed by atoms with Gasteiger partial charge >= 0.3 is 0 Å². The van der Waals surface area contributed by atoms with Crippen LogP contribution in [0.3, 0.4) is 0 Å². The third kappa shape index (κ3) is 1.54. The zero-order valence-corrected chi connectivity index (χ0v) is 9.14. The summed E-state index contributed by atoms with van der Waals surface area (Å²) in [5.41, 5.74) is 1.75. The van der Waals surface area contributed by atoms with Gasteiger partial charge in [-0.15, -0.1) is 0 Å². The van der Waals surface area contributed by atoms with E-state index in [0.29, 0.717) is 6.42 Å². The van der Waals surface area contributed by atoms with Crippen molar-refractivity contribution in [2.75, 3.05) is 4.90 Å². The smallest absolute Gasteiger partial charge is 0.269 e. The van der Waals surface area contributed by atoms with E-state index < -0.39 is 4.92 Å². The molecule has 1 aliphatic rings.